The van der Waals surface area contributed by atoms with E-state index in [1.807, 2.05) is 0 Å². The zero-order valence-electron chi connectivity index (χ0n) is 10.5. The molecule has 16 heavy (non-hydrogen) atoms. The van der Waals surface area contributed by atoms with Crippen molar-refractivity contribution < 1.29 is 4.79 Å². The van der Waals surface area contributed by atoms with Crippen LogP contribution >= 0.6 is 0 Å². The first-order valence-corrected chi connectivity index (χ1v) is 6.72. The van der Waals surface area contributed by atoms with Crippen LogP contribution in [0.15, 0.2) is 0 Å². The van der Waals surface area contributed by atoms with Crippen LogP contribution < -0.4 is 10.6 Å². The van der Waals surface area contributed by atoms with Gasteiger partial charge in [-0.15, -0.1) is 0 Å². The van der Waals surface area contributed by atoms with E-state index in [1.54, 1.807) is 0 Å². The lowest BCUT2D eigenvalue weighted by Crippen LogP contribution is -2.49. The van der Waals surface area contributed by atoms with E-state index in [1.165, 1.54) is 12.8 Å². The monoisotopic (exact) mass is 224 g/mol. The molecule has 0 spiro atoms. The molecule has 2 aliphatic rings. The van der Waals surface area contributed by atoms with Gasteiger partial charge in [0, 0.05) is 6.04 Å². The highest BCUT2D eigenvalue weighted by atomic mass is 16.2. The molecule has 1 amide bonds. The van der Waals surface area contributed by atoms with Gasteiger partial charge in [-0.3, -0.25) is 4.79 Å². The second-order valence-electron chi connectivity index (χ2n) is 5.53. The van der Waals surface area contributed by atoms with Crippen LogP contribution in [0.25, 0.3) is 0 Å². The van der Waals surface area contributed by atoms with Crippen LogP contribution in [-0.2, 0) is 4.79 Å². The molecule has 1 aliphatic carbocycles. The minimum absolute atomic E-state index is 0.0735. The molecule has 0 aromatic carbocycles. The summed E-state index contributed by atoms with van der Waals surface area (Å²) < 4.78 is 0. The Kier molecular flexibility index (Phi) is 3.85. The maximum Gasteiger partial charge on any atom is 0.237 e. The topological polar surface area (TPSA) is 41.1 Å². The van der Waals surface area contributed by atoms with Crippen LogP contribution in [0.5, 0.6) is 0 Å². The Morgan fingerprint density at radius 1 is 1.19 bits per heavy atom. The molecule has 1 saturated heterocycles. The van der Waals surface area contributed by atoms with Gasteiger partial charge in [-0.2, -0.15) is 0 Å². The van der Waals surface area contributed by atoms with Crippen LogP contribution in [0, 0.1) is 11.8 Å². The zero-order chi connectivity index (χ0) is 11.5. The first-order valence-electron chi connectivity index (χ1n) is 6.72. The minimum Gasteiger partial charge on any atom is -0.352 e. The van der Waals surface area contributed by atoms with Crippen LogP contribution in [0.2, 0.25) is 0 Å². The summed E-state index contributed by atoms with van der Waals surface area (Å²) in [4.78, 5) is 12.0. The maximum absolute atomic E-state index is 12.0. The van der Waals surface area contributed by atoms with Crippen LogP contribution in [-0.4, -0.2) is 24.5 Å². The number of carbonyl (C=O) groups is 1. The van der Waals surface area contributed by atoms with E-state index in [-0.39, 0.29) is 11.9 Å². The average molecular weight is 224 g/mol. The Labute approximate surface area is 98.4 Å². The lowest BCUT2D eigenvalue weighted by molar-refractivity contribution is -0.124. The van der Waals surface area contributed by atoms with Crippen molar-refractivity contribution in [2.45, 2.75) is 58.0 Å². The predicted molar refractivity (Wildman–Crippen MR) is 65.1 cm³/mol. The molecule has 0 aromatic heterocycles. The molecule has 3 unspecified atom stereocenters. The van der Waals surface area contributed by atoms with Crippen molar-refractivity contribution >= 4 is 5.91 Å². The van der Waals surface area contributed by atoms with Gasteiger partial charge in [0.1, 0.15) is 0 Å². The summed E-state index contributed by atoms with van der Waals surface area (Å²) in [6.45, 7) is 5.57. The number of nitrogens with one attached hydrogen (secondary N) is 2. The molecule has 92 valence electrons. The van der Waals surface area contributed by atoms with E-state index in [9.17, 15) is 4.79 Å². The third-order valence-electron chi connectivity index (χ3n) is 4.41. The number of carbonyl (C=O) groups excluding carboxylic acids is 1. The Hall–Kier alpha value is -0.570. The maximum atomic E-state index is 12.0. The Balaban J connectivity index is 1.85. The van der Waals surface area contributed by atoms with E-state index in [0.29, 0.717) is 12.0 Å². The van der Waals surface area contributed by atoms with Crippen LogP contribution in [0.1, 0.15) is 46.0 Å². The molecule has 3 nitrogen and oxygen atoms in total. The predicted octanol–water partition coefficient (Wildman–Crippen LogP) is 1.68. The van der Waals surface area contributed by atoms with E-state index in [4.69, 9.17) is 0 Å². The fourth-order valence-corrected chi connectivity index (χ4v) is 2.98. The van der Waals surface area contributed by atoms with Crippen molar-refractivity contribution in [1.82, 2.24) is 10.6 Å². The molecule has 3 heteroatoms. The van der Waals surface area contributed by atoms with E-state index >= 15 is 0 Å². The molecule has 0 bridgehead atoms. The SMILES string of the molecule is CC1CCCC(NC(=O)[C@@H]2CCCN2)C1C. The van der Waals surface area contributed by atoms with Gasteiger partial charge >= 0.3 is 0 Å². The molecule has 4 atom stereocenters. The molecule has 1 heterocycles. The van der Waals surface area contributed by atoms with Gasteiger partial charge in [0.15, 0.2) is 0 Å². The largest absolute Gasteiger partial charge is 0.352 e. The van der Waals surface area contributed by atoms with E-state index < -0.39 is 0 Å². The molecule has 2 fully saturated rings. The molecule has 0 radical (unpaired) electrons. The third kappa shape index (κ3) is 2.57. The lowest BCUT2D eigenvalue weighted by atomic mass is 9.78. The quantitative estimate of drug-likeness (QED) is 0.749. The van der Waals surface area contributed by atoms with Crippen molar-refractivity contribution in [2.24, 2.45) is 11.8 Å². The summed E-state index contributed by atoms with van der Waals surface area (Å²) in [5.41, 5.74) is 0. The van der Waals surface area contributed by atoms with Gasteiger partial charge in [0.2, 0.25) is 5.91 Å². The molecular weight excluding hydrogens is 200 g/mol. The second kappa shape index (κ2) is 5.17. The molecule has 1 aliphatic heterocycles. The smallest absolute Gasteiger partial charge is 0.237 e. The minimum atomic E-state index is 0.0735. The Morgan fingerprint density at radius 2 is 2.00 bits per heavy atom. The van der Waals surface area contributed by atoms with E-state index in [2.05, 4.69) is 24.5 Å². The average Bonchev–Trinajstić information content (AvgIpc) is 2.78. The van der Waals surface area contributed by atoms with Gasteiger partial charge in [-0.05, 0) is 37.6 Å². The highest BCUT2D eigenvalue weighted by molar-refractivity contribution is 5.82. The van der Waals surface area contributed by atoms with E-state index in [0.717, 1.165) is 31.7 Å². The van der Waals surface area contributed by atoms with Gasteiger partial charge in [0.25, 0.3) is 0 Å². The number of hydrogen-bond donors (Lipinski definition) is 2. The van der Waals surface area contributed by atoms with Crippen molar-refractivity contribution in [3.8, 4) is 0 Å². The van der Waals surface area contributed by atoms with Crippen LogP contribution in [0.3, 0.4) is 0 Å². The van der Waals surface area contributed by atoms with Crippen molar-refractivity contribution in [2.75, 3.05) is 6.54 Å². The van der Waals surface area contributed by atoms with Crippen molar-refractivity contribution in [3.05, 3.63) is 0 Å². The summed E-state index contributed by atoms with van der Waals surface area (Å²) in [5, 5.41) is 6.50. The summed E-state index contributed by atoms with van der Waals surface area (Å²) in [6.07, 6.45) is 5.87. The molecular formula is C13H24N2O. The van der Waals surface area contributed by atoms with Gasteiger partial charge in [-0.25, -0.2) is 0 Å². The highest BCUT2D eigenvalue weighted by Crippen LogP contribution is 2.29. The summed E-state index contributed by atoms with van der Waals surface area (Å²) in [7, 11) is 0. The Morgan fingerprint density at radius 3 is 2.69 bits per heavy atom. The molecule has 1 saturated carbocycles. The summed E-state index contributed by atoms with van der Waals surface area (Å²) in [6, 6.07) is 0.475. The van der Waals surface area contributed by atoms with Gasteiger partial charge < -0.3 is 10.6 Å². The highest BCUT2D eigenvalue weighted by Gasteiger charge is 2.30. The lowest BCUT2D eigenvalue weighted by Gasteiger charge is -2.35. The number of amides is 1. The third-order valence-corrected chi connectivity index (χ3v) is 4.41. The normalized spacial score (nSPS) is 39.6. The van der Waals surface area contributed by atoms with Crippen LogP contribution in [0.4, 0.5) is 0 Å². The number of hydrogen-bond acceptors (Lipinski definition) is 2. The first kappa shape index (κ1) is 11.9. The summed E-state index contributed by atoms with van der Waals surface area (Å²) >= 11 is 0. The van der Waals surface area contributed by atoms with Crippen molar-refractivity contribution in [1.29, 1.82) is 0 Å². The fraction of sp³-hybridized carbons (Fsp3) is 0.923. The van der Waals surface area contributed by atoms with Gasteiger partial charge in [-0.1, -0.05) is 26.7 Å². The van der Waals surface area contributed by atoms with Gasteiger partial charge in [0.05, 0.1) is 6.04 Å². The number of rotatable bonds is 2. The molecule has 0 aromatic rings. The van der Waals surface area contributed by atoms with Crippen molar-refractivity contribution in [3.63, 3.8) is 0 Å². The standard InChI is InChI=1S/C13H24N2O/c1-9-5-3-6-11(10(9)2)15-13(16)12-7-4-8-14-12/h9-12,14H,3-8H2,1-2H3,(H,15,16)/t9?,10?,11?,12-/m0/s1. The second-order valence-corrected chi connectivity index (χ2v) is 5.53. The fourth-order valence-electron chi connectivity index (χ4n) is 2.98. The molecule has 2 N–H and O–H groups in total. The first-order chi connectivity index (χ1) is 7.68. The zero-order valence-corrected chi connectivity index (χ0v) is 10.5. The Bertz CT molecular complexity index is 248. The molecule has 2 rings (SSSR count). The summed E-state index contributed by atoms with van der Waals surface area (Å²) in [5.74, 6) is 1.60.